The van der Waals surface area contributed by atoms with E-state index in [0.717, 1.165) is 21.3 Å². The Hall–Kier alpha value is -2.14. The van der Waals surface area contributed by atoms with Gasteiger partial charge in [-0.25, -0.2) is 0 Å². The molecular weight excluding hydrogens is 356 g/mol. The maximum absolute atomic E-state index is 12.3. The maximum Gasteiger partial charge on any atom is 0.227 e. The van der Waals surface area contributed by atoms with Gasteiger partial charge in [0.05, 0.1) is 6.42 Å². The van der Waals surface area contributed by atoms with Crippen LogP contribution >= 0.6 is 15.9 Å². The number of carbonyl (C=O) groups is 2. The van der Waals surface area contributed by atoms with E-state index in [2.05, 4.69) is 21.2 Å². The van der Waals surface area contributed by atoms with Crippen LogP contribution in [0.2, 0.25) is 0 Å². The predicted molar refractivity (Wildman–Crippen MR) is 95.1 cm³/mol. The Morgan fingerprint density at radius 3 is 2.13 bits per heavy atom. The normalized spacial score (nSPS) is 10.2. The molecule has 0 aromatic heterocycles. The lowest BCUT2D eigenvalue weighted by Crippen LogP contribution is -2.27. The topological polar surface area (TPSA) is 49.4 Å². The molecule has 0 bridgehead atoms. The molecule has 0 unspecified atom stereocenters. The number of hydrogen-bond donors (Lipinski definition) is 1. The van der Waals surface area contributed by atoms with E-state index in [4.69, 9.17) is 0 Å². The van der Waals surface area contributed by atoms with E-state index in [9.17, 15) is 9.59 Å². The van der Waals surface area contributed by atoms with Crippen molar-refractivity contribution >= 4 is 33.4 Å². The molecule has 0 aliphatic carbocycles. The van der Waals surface area contributed by atoms with Gasteiger partial charge < -0.3 is 10.2 Å². The number of nitrogens with zero attached hydrogens (tertiary/aromatic N) is 1. The largest absolute Gasteiger partial charge is 0.341 e. The van der Waals surface area contributed by atoms with Crippen molar-refractivity contribution in [2.24, 2.45) is 0 Å². The number of carbonyl (C=O) groups excluding carboxylic acids is 2. The van der Waals surface area contributed by atoms with Crippen molar-refractivity contribution in [3.05, 3.63) is 64.1 Å². The fourth-order valence-electron chi connectivity index (χ4n) is 2.17. The molecule has 0 spiro atoms. The van der Waals surface area contributed by atoms with Crippen molar-refractivity contribution in [3.63, 3.8) is 0 Å². The molecule has 0 heterocycles. The highest BCUT2D eigenvalue weighted by Crippen LogP contribution is 2.14. The van der Waals surface area contributed by atoms with E-state index in [1.807, 2.05) is 36.4 Å². The number of benzene rings is 2. The van der Waals surface area contributed by atoms with E-state index in [1.54, 1.807) is 24.1 Å². The van der Waals surface area contributed by atoms with Crippen LogP contribution in [0.4, 0.5) is 5.69 Å². The van der Waals surface area contributed by atoms with Crippen molar-refractivity contribution in [2.75, 3.05) is 12.4 Å². The summed E-state index contributed by atoms with van der Waals surface area (Å²) in [6.07, 6.45) is 0.341. The molecule has 5 heteroatoms. The third kappa shape index (κ3) is 5.53. The molecule has 2 aromatic carbocycles. The van der Waals surface area contributed by atoms with Gasteiger partial charge in [0, 0.05) is 30.7 Å². The van der Waals surface area contributed by atoms with Crippen LogP contribution in [0.5, 0.6) is 0 Å². The summed E-state index contributed by atoms with van der Waals surface area (Å²) in [4.78, 5) is 25.0. The van der Waals surface area contributed by atoms with Gasteiger partial charge in [0.2, 0.25) is 11.8 Å². The zero-order valence-electron chi connectivity index (χ0n) is 13.2. The van der Waals surface area contributed by atoms with E-state index in [1.165, 1.54) is 6.92 Å². The molecule has 0 atom stereocenters. The van der Waals surface area contributed by atoms with Crippen molar-refractivity contribution in [1.29, 1.82) is 0 Å². The van der Waals surface area contributed by atoms with Crippen molar-refractivity contribution in [1.82, 2.24) is 4.90 Å². The lowest BCUT2D eigenvalue weighted by molar-refractivity contribution is -0.129. The van der Waals surface area contributed by atoms with E-state index >= 15 is 0 Å². The average Bonchev–Trinajstić information content (AvgIpc) is 2.51. The minimum Gasteiger partial charge on any atom is -0.341 e. The quantitative estimate of drug-likeness (QED) is 0.868. The minimum absolute atomic E-state index is 0.0557. The molecule has 0 fully saturated rings. The second-order valence-corrected chi connectivity index (χ2v) is 6.35. The summed E-state index contributed by atoms with van der Waals surface area (Å²) in [7, 11) is 1.80. The van der Waals surface area contributed by atoms with Crippen molar-refractivity contribution < 1.29 is 9.59 Å². The smallest absolute Gasteiger partial charge is 0.227 e. The second kappa shape index (κ2) is 7.92. The summed E-state index contributed by atoms with van der Waals surface area (Å²) >= 11 is 3.40. The molecule has 23 heavy (non-hydrogen) atoms. The maximum atomic E-state index is 12.3. The standard InChI is InChI=1S/C18H19BrN2O2/c1-13(22)20-17-9-5-14(6-10-17)11-18(23)21(2)12-15-3-7-16(19)8-4-15/h3-10H,11-12H2,1-2H3,(H,20,22). The summed E-state index contributed by atoms with van der Waals surface area (Å²) in [5, 5.41) is 2.71. The fraction of sp³-hybridized carbons (Fsp3) is 0.222. The highest BCUT2D eigenvalue weighted by molar-refractivity contribution is 9.10. The summed E-state index contributed by atoms with van der Waals surface area (Å²) in [6, 6.07) is 15.2. The summed E-state index contributed by atoms with van der Waals surface area (Å²) < 4.78 is 1.02. The Morgan fingerprint density at radius 2 is 1.57 bits per heavy atom. The number of likely N-dealkylation sites (N-methyl/N-ethyl adjacent to an activating group) is 1. The second-order valence-electron chi connectivity index (χ2n) is 5.43. The third-order valence-electron chi connectivity index (χ3n) is 3.39. The van der Waals surface area contributed by atoms with Crippen molar-refractivity contribution in [3.8, 4) is 0 Å². The van der Waals surface area contributed by atoms with E-state index in [0.29, 0.717) is 13.0 Å². The SMILES string of the molecule is CC(=O)Nc1ccc(CC(=O)N(C)Cc2ccc(Br)cc2)cc1. The molecule has 2 amide bonds. The molecular formula is C18H19BrN2O2. The van der Waals surface area contributed by atoms with Gasteiger partial charge >= 0.3 is 0 Å². The Kier molecular flexibility index (Phi) is 5.93. The van der Waals surface area contributed by atoms with Gasteiger partial charge in [-0.3, -0.25) is 9.59 Å². The van der Waals surface area contributed by atoms with E-state index in [-0.39, 0.29) is 11.8 Å². The van der Waals surface area contributed by atoms with Crippen LogP contribution in [-0.2, 0) is 22.6 Å². The van der Waals surface area contributed by atoms with Crippen LogP contribution in [0, 0.1) is 0 Å². The van der Waals surface area contributed by atoms with Crippen LogP contribution in [0.25, 0.3) is 0 Å². The molecule has 0 saturated carbocycles. The molecule has 0 saturated heterocycles. The first-order chi connectivity index (χ1) is 10.9. The van der Waals surface area contributed by atoms with Crippen LogP contribution in [0.3, 0.4) is 0 Å². The lowest BCUT2D eigenvalue weighted by atomic mass is 10.1. The first-order valence-electron chi connectivity index (χ1n) is 7.29. The Labute approximate surface area is 144 Å². The Morgan fingerprint density at radius 1 is 1.00 bits per heavy atom. The van der Waals surface area contributed by atoms with Gasteiger partial charge in [-0.05, 0) is 35.4 Å². The van der Waals surface area contributed by atoms with E-state index < -0.39 is 0 Å². The summed E-state index contributed by atoms with van der Waals surface area (Å²) in [5.41, 5.74) is 2.74. The number of halogens is 1. The minimum atomic E-state index is -0.108. The van der Waals surface area contributed by atoms with Gasteiger partial charge in [-0.15, -0.1) is 0 Å². The number of anilines is 1. The number of rotatable bonds is 5. The van der Waals surface area contributed by atoms with Gasteiger partial charge in [0.25, 0.3) is 0 Å². The molecule has 0 radical (unpaired) electrons. The summed E-state index contributed by atoms with van der Waals surface area (Å²) in [5.74, 6) is -0.0525. The van der Waals surface area contributed by atoms with Crippen LogP contribution < -0.4 is 5.32 Å². The number of hydrogen-bond acceptors (Lipinski definition) is 2. The Balaban J connectivity index is 1.92. The molecule has 2 aromatic rings. The highest BCUT2D eigenvalue weighted by atomic mass is 79.9. The molecule has 1 N–H and O–H groups in total. The zero-order chi connectivity index (χ0) is 16.8. The fourth-order valence-corrected chi connectivity index (χ4v) is 2.43. The van der Waals surface area contributed by atoms with Gasteiger partial charge in [-0.2, -0.15) is 0 Å². The van der Waals surface area contributed by atoms with Gasteiger partial charge in [0.1, 0.15) is 0 Å². The molecule has 2 rings (SSSR count). The first-order valence-corrected chi connectivity index (χ1v) is 8.08. The first kappa shape index (κ1) is 17.2. The predicted octanol–water partition coefficient (Wildman–Crippen LogP) is 3.61. The Bertz CT molecular complexity index is 681. The lowest BCUT2D eigenvalue weighted by Gasteiger charge is -2.17. The van der Waals surface area contributed by atoms with Gasteiger partial charge in [-0.1, -0.05) is 40.2 Å². The number of nitrogens with one attached hydrogen (secondary N) is 1. The van der Waals surface area contributed by atoms with Crippen LogP contribution in [-0.4, -0.2) is 23.8 Å². The molecule has 4 nitrogen and oxygen atoms in total. The van der Waals surface area contributed by atoms with Crippen LogP contribution in [0.15, 0.2) is 53.0 Å². The molecule has 0 aliphatic heterocycles. The third-order valence-corrected chi connectivity index (χ3v) is 3.92. The average molecular weight is 375 g/mol. The van der Waals surface area contributed by atoms with Gasteiger partial charge in [0.15, 0.2) is 0 Å². The number of amides is 2. The zero-order valence-corrected chi connectivity index (χ0v) is 14.8. The summed E-state index contributed by atoms with van der Waals surface area (Å²) in [6.45, 7) is 2.05. The monoisotopic (exact) mass is 374 g/mol. The molecule has 120 valence electrons. The highest BCUT2D eigenvalue weighted by Gasteiger charge is 2.10. The molecule has 0 aliphatic rings. The van der Waals surface area contributed by atoms with Crippen LogP contribution in [0.1, 0.15) is 18.1 Å². The van der Waals surface area contributed by atoms with Crippen molar-refractivity contribution in [2.45, 2.75) is 19.9 Å².